The number of nitrogens with zero attached hydrogens (tertiary/aromatic N) is 6. The Morgan fingerprint density at radius 1 is 1.23 bits per heavy atom. The average Bonchev–Trinajstić information content (AvgIpc) is 3.33. The minimum atomic E-state index is -0.368. The predicted molar refractivity (Wildman–Crippen MR) is 121 cm³/mol. The van der Waals surface area contributed by atoms with Crippen molar-refractivity contribution in [3.05, 3.63) is 41.4 Å². The number of rotatable bonds is 4. The van der Waals surface area contributed by atoms with Crippen LogP contribution in [0, 0.1) is 5.41 Å². The molecule has 1 saturated carbocycles. The number of carbonyl (C=O) groups is 1. The summed E-state index contributed by atoms with van der Waals surface area (Å²) in [4.78, 5) is 30.1. The molecule has 1 fully saturated rings. The number of nitrogens with one attached hydrogen (secondary N) is 2. The minimum absolute atomic E-state index is 0.0783. The van der Waals surface area contributed by atoms with Crippen LogP contribution >= 0.6 is 15.9 Å². The molecule has 3 heterocycles. The van der Waals surface area contributed by atoms with Gasteiger partial charge in [-0.1, -0.05) is 6.92 Å². The number of hydrogen-bond acceptors (Lipinski definition) is 7. The van der Waals surface area contributed by atoms with E-state index in [9.17, 15) is 4.79 Å². The molecule has 0 saturated heterocycles. The van der Waals surface area contributed by atoms with Crippen molar-refractivity contribution < 1.29 is 4.79 Å². The van der Waals surface area contributed by atoms with E-state index in [2.05, 4.69) is 46.6 Å². The van der Waals surface area contributed by atoms with E-state index >= 15 is 0 Å². The van der Waals surface area contributed by atoms with Crippen molar-refractivity contribution in [2.75, 3.05) is 12.4 Å². The highest BCUT2D eigenvalue weighted by molar-refractivity contribution is 9.10. The molecule has 9 nitrogen and oxygen atoms in total. The first-order valence-electron chi connectivity index (χ1n) is 10.1. The van der Waals surface area contributed by atoms with Gasteiger partial charge in [0.2, 0.25) is 11.9 Å². The molecule has 4 aromatic rings. The van der Waals surface area contributed by atoms with E-state index < -0.39 is 0 Å². The first kappa shape index (κ1) is 19.8. The molecular weight excluding hydrogens is 460 g/mol. The van der Waals surface area contributed by atoms with E-state index in [4.69, 9.17) is 4.98 Å². The topological polar surface area (TPSA) is 111 Å². The Morgan fingerprint density at radius 3 is 2.84 bits per heavy atom. The monoisotopic (exact) mass is 480 g/mol. The Kier molecular flexibility index (Phi) is 4.81. The van der Waals surface area contributed by atoms with Gasteiger partial charge in [-0.2, -0.15) is 10.1 Å². The summed E-state index contributed by atoms with van der Waals surface area (Å²) in [5.74, 6) is 0.600. The molecule has 0 unspecified atom stereocenters. The normalized spacial score (nSPS) is 20.9. The fraction of sp³-hybridized carbons (Fsp3) is 0.333. The van der Waals surface area contributed by atoms with Crippen molar-refractivity contribution >= 4 is 49.9 Å². The van der Waals surface area contributed by atoms with Gasteiger partial charge in [0.25, 0.3) is 0 Å². The maximum Gasteiger partial charge on any atom is 0.225 e. The SMILES string of the molecule is CNC(=O)[C@]1(C)CC[C@@H](Nc2ncc3c(Br)nn(-c4ccc5nccnc5c4)c3n2)C1. The summed E-state index contributed by atoms with van der Waals surface area (Å²) in [5.41, 5.74) is 2.75. The zero-order valence-electron chi connectivity index (χ0n) is 17.1. The van der Waals surface area contributed by atoms with Crippen molar-refractivity contribution in [2.24, 2.45) is 5.41 Å². The minimum Gasteiger partial charge on any atom is -0.359 e. The lowest BCUT2D eigenvalue weighted by Gasteiger charge is -2.22. The molecule has 1 aromatic carbocycles. The Morgan fingerprint density at radius 2 is 2.03 bits per heavy atom. The number of hydrogen-bond donors (Lipinski definition) is 2. The van der Waals surface area contributed by atoms with E-state index in [1.54, 1.807) is 30.3 Å². The molecule has 1 aliphatic rings. The van der Waals surface area contributed by atoms with E-state index in [0.29, 0.717) is 16.2 Å². The van der Waals surface area contributed by atoms with Gasteiger partial charge in [-0.05, 0) is 53.4 Å². The summed E-state index contributed by atoms with van der Waals surface area (Å²) in [5, 5.41) is 11.6. The van der Waals surface area contributed by atoms with E-state index in [1.807, 2.05) is 25.1 Å². The van der Waals surface area contributed by atoms with Crippen LogP contribution in [0.4, 0.5) is 5.95 Å². The summed E-state index contributed by atoms with van der Waals surface area (Å²) in [6.07, 6.45) is 7.55. The highest BCUT2D eigenvalue weighted by Gasteiger charge is 2.40. The number of carbonyl (C=O) groups excluding carboxylic acids is 1. The molecule has 2 atom stereocenters. The smallest absolute Gasteiger partial charge is 0.225 e. The first-order valence-corrected chi connectivity index (χ1v) is 10.9. The van der Waals surface area contributed by atoms with E-state index in [0.717, 1.165) is 41.4 Å². The van der Waals surface area contributed by atoms with Crippen molar-refractivity contribution in [3.8, 4) is 5.69 Å². The quantitative estimate of drug-likeness (QED) is 0.461. The number of fused-ring (bicyclic) bond motifs is 2. The number of halogens is 1. The largest absolute Gasteiger partial charge is 0.359 e. The summed E-state index contributed by atoms with van der Waals surface area (Å²) in [6.45, 7) is 2.01. The molecule has 1 aliphatic carbocycles. The average molecular weight is 481 g/mol. The van der Waals surface area contributed by atoms with Gasteiger partial charge in [0, 0.05) is 37.1 Å². The molecule has 5 rings (SSSR count). The number of benzene rings is 1. The second-order valence-electron chi connectivity index (χ2n) is 8.09. The van der Waals surface area contributed by atoms with Crippen LogP contribution in [-0.4, -0.2) is 48.7 Å². The molecule has 3 aromatic heterocycles. The third-order valence-electron chi connectivity index (χ3n) is 5.93. The zero-order chi connectivity index (χ0) is 21.6. The van der Waals surface area contributed by atoms with Gasteiger partial charge in [0.1, 0.15) is 4.60 Å². The van der Waals surface area contributed by atoms with Gasteiger partial charge in [-0.15, -0.1) is 0 Å². The molecule has 1 amide bonds. The van der Waals surface area contributed by atoms with Gasteiger partial charge in [0.15, 0.2) is 5.65 Å². The lowest BCUT2D eigenvalue weighted by molar-refractivity contribution is -0.129. The Hall–Kier alpha value is -3.14. The Bertz CT molecular complexity index is 1310. The van der Waals surface area contributed by atoms with Gasteiger partial charge in [-0.3, -0.25) is 14.8 Å². The van der Waals surface area contributed by atoms with Gasteiger partial charge in [0.05, 0.1) is 22.1 Å². The van der Waals surface area contributed by atoms with Crippen LogP contribution in [0.2, 0.25) is 0 Å². The summed E-state index contributed by atoms with van der Waals surface area (Å²) < 4.78 is 2.44. The number of aromatic nitrogens is 6. The molecule has 2 N–H and O–H groups in total. The molecule has 0 radical (unpaired) electrons. The standard InChI is InChI=1S/C21H21BrN8O/c1-21(19(31)23-2)6-5-12(10-21)27-20-26-11-14-17(22)29-30(18(14)28-20)13-3-4-15-16(9-13)25-8-7-24-15/h3-4,7-9,11-12H,5-6,10H2,1-2H3,(H,23,31)(H,26,27,28)/t12-,21-/m1/s1. The van der Waals surface area contributed by atoms with Crippen LogP contribution in [0.15, 0.2) is 41.4 Å². The number of anilines is 1. The van der Waals surface area contributed by atoms with Crippen molar-refractivity contribution in [1.82, 2.24) is 35.0 Å². The second kappa shape index (κ2) is 7.52. The maximum atomic E-state index is 12.2. The highest BCUT2D eigenvalue weighted by atomic mass is 79.9. The molecule has 158 valence electrons. The summed E-state index contributed by atoms with van der Waals surface area (Å²) >= 11 is 3.51. The molecular formula is C21H21BrN8O. The second-order valence-corrected chi connectivity index (χ2v) is 8.84. The van der Waals surface area contributed by atoms with Crippen LogP contribution in [0.3, 0.4) is 0 Å². The molecule has 0 spiro atoms. The molecule has 0 bridgehead atoms. The lowest BCUT2D eigenvalue weighted by Crippen LogP contribution is -2.35. The van der Waals surface area contributed by atoms with Crippen LogP contribution in [0.25, 0.3) is 27.8 Å². The van der Waals surface area contributed by atoms with Crippen LogP contribution in [-0.2, 0) is 4.79 Å². The fourth-order valence-electron chi connectivity index (χ4n) is 4.26. The van der Waals surface area contributed by atoms with Crippen LogP contribution in [0.5, 0.6) is 0 Å². The van der Waals surface area contributed by atoms with E-state index in [-0.39, 0.29) is 17.4 Å². The van der Waals surface area contributed by atoms with Gasteiger partial charge < -0.3 is 10.6 Å². The van der Waals surface area contributed by atoms with Gasteiger partial charge in [-0.25, -0.2) is 9.67 Å². The van der Waals surface area contributed by atoms with Crippen molar-refractivity contribution in [3.63, 3.8) is 0 Å². The summed E-state index contributed by atoms with van der Waals surface area (Å²) in [6, 6.07) is 5.92. The molecule has 10 heteroatoms. The molecule has 31 heavy (non-hydrogen) atoms. The van der Waals surface area contributed by atoms with Crippen LogP contribution < -0.4 is 10.6 Å². The first-order chi connectivity index (χ1) is 15.0. The van der Waals surface area contributed by atoms with Gasteiger partial charge >= 0.3 is 0 Å². The highest BCUT2D eigenvalue weighted by Crippen LogP contribution is 2.39. The Balaban J connectivity index is 1.48. The lowest BCUT2D eigenvalue weighted by atomic mass is 9.87. The predicted octanol–water partition coefficient (Wildman–Crippen LogP) is 3.24. The van der Waals surface area contributed by atoms with E-state index in [1.165, 1.54) is 0 Å². The summed E-state index contributed by atoms with van der Waals surface area (Å²) in [7, 11) is 1.68. The fourth-order valence-corrected chi connectivity index (χ4v) is 4.69. The van der Waals surface area contributed by atoms with Crippen molar-refractivity contribution in [1.29, 1.82) is 0 Å². The third-order valence-corrected chi connectivity index (χ3v) is 6.51. The van der Waals surface area contributed by atoms with Crippen LogP contribution in [0.1, 0.15) is 26.2 Å². The third kappa shape index (κ3) is 3.50. The maximum absolute atomic E-state index is 12.2. The van der Waals surface area contributed by atoms with Crippen molar-refractivity contribution in [2.45, 2.75) is 32.2 Å². The number of amides is 1. The Labute approximate surface area is 186 Å². The molecule has 0 aliphatic heterocycles. The zero-order valence-corrected chi connectivity index (χ0v) is 18.7.